The number of rotatable bonds is 4. The van der Waals surface area contributed by atoms with Crippen LogP contribution in [0.25, 0.3) is 0 Å². The first-order valence-corrected chi connectivity index (χ1v) is 5.72. The van der Waals surface area contributed by atoms with Crippen molar-refractivity contribution in [3.05, 3.63) is 29.9 Å². The SMILES string of the molecule is C=C(C)CN(C)CC1Cc2nc[nH]c2CN1. The Balaban J connectivity index is 1.87. The lowest BCUT2D eigenvalue weighted by Gasteiger charge is -2.27. The van der Waals surface area contributed by atoms with Crippen molar-refractivity contribution in [1.82, 2.24) is 20.2 Å². The molecule has 0 amide bonds. The molecule has 0 fully saturated rings. The lowest BCUT2D eigenvalue weighted by molar-refractivity contribution is 0.297. The molecule has 4 nitrogen and oxygen atoms in total. The van der Waals surface area contributed by atoms with Crippen LogP contribution in [-0.2, 0) is 13.0 Å². The van der Waals surface area contributed by atoms with Gasteiger partial charge in [0, 0.05) is 32.1 Å². The van der Waals surface area contributed by atoms with E-state index < -0.39 is 0 Å². The number of nitrogens with zero attached hydrogens (tertiary/aromatic N) is 2. The smallest absolute Gasteiger partial charge is 0.0925 e. The number of hydrogen-bond acceptors (Lipinski definition) is 3. The number of nitrogens with one attached hydrogen (secondary N) is 2. The number of hydrogen-bond donors (Lipinski definition) is 2. The molecule has 1 unspecified atom stereocenters. The third-order valence-corrected chi connectivity index (χ3v) is 2.89. The van der Waals surface area contributed by atoms with E-state index in [1.165, 1.54) is 17.0 Å². The van der Waals surface area contributed by atoms with Crippen LogP contribution in [0, 0.1) is 0 Å². The second-order valence-corrected chi connectivity index (χ2v) is 4.76. The molecule has 1 aliphatic rings. The molecule has 1 aromatic heterocycles. The predicted octanol–water partition coefficient (Wildman–Crippen LogP) is 0.932. The fraction of sp³-hybridized carbons (Fsp3) is 0.583. The summed E-state index contributed by atoms with van der Waals surface area (Å²) in [6.45, 7) is 8.91. The molecular formula is C12H20N4. The van der Waals surface area contributed by atoms with E-state index in [-0.39, 0.29) is 0 Å². The highest BCUT2D eigenvalue weighted by atomic mass is 15.1. The summed E-state index contributed by atoms with van der Waals surface area (Å²) < 4.78 is 0. The number of H-pyrrole nitrogens is 1. The van der Waals surface area contributed by atoms with Crippen molar-refractivity contribution in [2.75, 3.05) is 20.1 Å². The molecule has 0 saturated heterocycles. The maximum Gasteiger partial charge on any atom is 0.0925 e. The Kier molecular flexibility index (Phi) is 3.41. The highest BCUT2D eigenvalue weighted by Gasteiger charge is 2.20. The number of fused-ring (bicyclic) bond motifs is 1. The van der Waals surface area contributed by atoms with Gasteiger partial charge in [0.2, 0.25) is 0 Å². The van der Waals surface area contributed by atoms with Gasteiger partial charge in [0.05, 0.1) is 17.7 Å². The predicted molar refractivity (Wildman–Crippen MR) is 65.2 cm³/mol. The summed E-state index contributed by atoms with van der Waals surface area (Å²) in [6, 6.07) is 0.500. The zero-order valence-electron chi connectivity index (χ0n) is 10.1. The van der Waals surface area contributed by atoms with E-state index in [1.54, 1.807) is 6.33 Å². The lowest BCUT2D eigenvalue weighted by atomic mass is 10.1. The molecule has 0 aromatic carbocycles. The highest BCUT2D eigenvalue weighted by Crippen LogP contribution is 2.12. The summed E-state index contributed by atoms with van der Waals surface area (Å²) >= 11 is 0. The van der Waals surface area contributed by atoms with Gasteiger partial charge in [-0.1, -0.05) is 12.2 Å². The zero-order chi connectivity index (χ0) is 11.5. The van der Waals surface area contributed by atoms with E-state index in [2.05, 4.69) is 40.7 Å². The van der Waals surface area contributed by atoms with Crippen LogP contribution in [0.1, 0.15) is 18.3 Å². The maximum absolute atomic E-state index is 4.34. The van der Waals surface area contributed by atoms with Gasteiger partial charge in [-0.05, 0) is 14.0 Å². The van der Waals surface area contributed by atoms with E-state index in [4.69, 9.17) is 0 Å². The average molecular weight is 220 g/mol. The molecule has 1 aromatic rings. The van der Waals surface area contributed by atoms with E-state index in [1.807, 2.05) is 0 Å². The minimum atomic E-state index is 0.500. The van der Waals surface area contributed by atoms with Gasteiger partial charge in [0.1, 0.15) is 0 Å². The van der Waals surface area contributed by atoms with Crippen molar-refractivity contribution in [2.45, 2.75) is 25.9 Å². The summed E-state index contributed by atoms with van der Waals surface area (Å²) in [5.41, 5.74) is 3.66. The van der Waals surface area contributed by atoms with Gasteiger partial charge in [0.15, 0.2) is 0 Å². The summed E-state index contributed by atoms with van der Waals surface area (Å²) in [6.07, 6.45) is 2.80. The van der Waals surface area contributed by atoms with Gasteiger partial charge in [-0.2, -0.15) is 0 Å². The van der Waals surface area contributed by atoms with Crippen LogP contribution in [0.4, 0.5) is 0 Å². The fourth-order valence-corrected chi connectivity index (χ4v) is 2.26. The van der Waals surface area contributed by atoms with Crippen LogP contribution in [0.2, 0.25) is 0 Å². The Hall–Kier alpha value is -1.13. The van der Waals surface area contributed by atoms with Crippen LogP contribution >= 0.6 is 0 Å². The molecule has 2 heterocycles. The van der Waals surface area contributed by atoms with Crippen LogP contribution in [-0.4, -0.2) is 41.0 Å². The van der Waals surface area contributed by atoms with E-state index in [9.17, 15) is 0 Å². The molecule has 2 rings (SSSR count). The lowest BCUT2D eigenvalue weighted by Crippen LogP contribution is -2.43. The average Bonchev–Trinajstić information content (AvgIpc) is 2.63. The van der Waals surface area contributed by atoms with E-state index in [0.29, 0.717) is 6.04 Å². The summed E-state index contributed by atoms with van der Waals surface area (Å²) in [7, 11) is 2.14. The van der Waals surface area contributed by atoms with Crippen LogP contribution < -0.4 is 5.32 Å². The first-order valence-electron chi connectivity index (χ1n) is 5.72. The minimum absolute atomic E-state index is 0.500. The Morgan fingerprint density at radius 2 is 2.50 bits per heavy atom. The number of aromatic nitrogens is 2. The van der Waals surface area contributed by atoms with Crippen molar-refractivity contribution in [3.63, 3.8) is 0 Å². The molecule has 0 bridgehead atoms. The van der Waals surface area contributed by atoms with Gasteiger partial charge in [-0.3, -0.25) is 0 Å². The molecular weight excluding hydrogens is 200 g/mol. The zero-order valence-corrected chi connectivity index (χ0v) is 10.1. The van der Waals surface area contributed by atoms with Gasteiger partial charge in [0.25, 0.3) is 0 Å². The third kappa shape index (κ3) is 2.71. The molecule has 1 aliphatic heterocycles. The van der Waals surface area contributed by atoms with Gasteiger partial charge >= 0.3 is 0 Å². The molecule has 0 radical (unpaired) electrons. The number of imidazole rings is 1. The topological polar surface area (TPSA) is 44.0 Å². The Morgan fingerprint density at radius 3 is 3.25 bits per heavy atom. The number of likely N-dealkylation sites (N-methyl/N-ethyl adjacent to an activating group) is 1. The second kappa shape index (κ2) is 4.80. The molecule has 16 heavy (non-hydrogen) atoms. The van der Waals surface area contributed by atoms with Crippen molar-refractivity contribution in [3.8, 4) is 0 Å². The number of aromatic amines is 1. The van der Waals surface area contributed by atoms with E-state index >= 15 is 0 Å². The minimum Gasteiger partial charge on any atom is -0.347 e. The molecule has 0 aliphatic carbocycles. The van der Waals surface area contributed by atoms with Crippen molar-refractivity contribution < 1.29 is 0 Å². The monoisotopic (exact) mass is 220 g/mol. The van der Waals surface area contributed by atoms with Crippen molar-refractivity contribution >= 4 is 0 Å². The first-order chi connectivity index (χ1) is 7.65. The van der Waals surface area contributed by atoms with Gasteiger partial charge in [-0.25, -0.2) is 4.98 Å². The maximum atomic E-state index is 4.34. The first kappa shape index (κ1) is 11.4. The highest BCUT2D eigenvalue weighted by molar-refractivity contribution is 5.16. The standard InChI is InChI=1S/C12H20N4/c1-9(2)6-16(3)7-10-4-11-12(5-13-10)15-8-14-11/h8,10,13H,1,4-7H2,2-3H3,(H,14,15). The summed E-state index contributed by atoms with van der Waals surface area (Å²) in [5, 5.41) is 3.52. The van der Waals surface area contributed by atoms with Crippen LogP contribution in [0.15, 0.2) is 18.5 Å². The normalized spacial score (nSPS) is 19.8. The Bertz CT molecular complexity index is 369. The largest absolute Gasteiger partial charge is 0.347 e. The van der Waals surface area contributed by atoms with Crippen molar-refractivity contribution in [1.29, 1.82) is 0 Å². The molecule has 0 saturated carbocycles. The Labute approximate surface area is 96.8 Å². The molecule has 1 atom stereocenters. The fourth-order valence-electron chi connectivity index (χ4n) is 2.26. The van der Waals surface area contributed by atoms with Crippen LogP contribution in [0.5, 0.6) is 0 Å². The van der Waals surface area contributed by atoms with Gasteiger partial charge < -0.3 is 15.2 Å². The van der Waals surface area contributed by atoms with Crippen molar-refractivity contribution in [2.24, 2.45) is 0 Å². The molecule has 2 N–H and O–H groups in total. The Morgan fingerprint density at radius 1 is 1.69 bits per heavy atom. The van der Waals surface area contributed by atoms with E-state index in [0.717, 1.165) is 26.1 Å². The summed E-state index contributed by atoms with van der Waals surface area (Å²) in [4.78, 5) is 9.81. The van der Waals surface area contributed by atoms with Gasteiger partial charge in [-0.15, -0.1) is 0 Å². The summed E-state index contributed by atoms with van der Waals surface area (Å²) in [5.74, 6) is 0. The molecule has 88 valence electrons. The second-order valence-electron chi connectivity index (χ2n) is 4.76. The van der Waals surface area contributed by atoms with Crippen LogP contribution in [0.3, 0.4) is 0 Å². The molecule has 0 spiro atoms. The molecule has 4 heteroatoms. The third-order valence-electron chi connectivity index (χ3n) is 2.89. The quantitative estimate of drug-likeness (QED) is 0.742.